The molecule has 2 heterocycles. The monoisotopic (exact) mass is 447 g/mol. The Morgan fingerprint density at radius 3 is 2.34 bits per heavy atom. The highest BCUT2D eigenvalue weighted by Crippen LogP contribution is 2.46. The number of nitrogens with zero attached hydrogens (tertiary/aromatic N) is 1. The first-order valence-electron chi connectivity index (χ1n) is 10.3. The largest absolute Gasteiger partial charge is 0.507 e. The number of hydrogen-bond acceptors (Lipinski definition) is 5. The average Bonchev–Trinajstić information content (AvgIpc) is 3.28. The average molecular weight is 448 g/mol. The van der Waals surface area contributed by atoms with Gasteiger partial charge < -0.3 is 9.84 Å². The molecule has 2 aromatic carbocycles. The molecule has 32 heavy (non-hydrogen) atoms. The predicted molar refractivity (Wildman–Crippen MR) is 127 cm³/mol. The summed E-state index contributed by atoms with van der Waals surface area (Å²) in [5.41, 5.74) is 4.72. The van der Waals surface area contributed by atoms with Gasteiger partial charge in [0.25, 0.3) is 11.7 Å². The van der Waals surface area contributed by atoms with E-state index >= 15 is 0 Å². The van der Waals surface area contributed by atoms with Crippen molar-refractivity contribution < 1.29 is 19.4 Å². The van der Waals surface area contributed by atoms with E-state index in [-0.39, 0.29) is 11.3 Å². The van der Waals surface area contributed by atoms with Gasteiger partial charge in [-0.2, -0.15) is 0 Å². The Labute approximate surface area is 191 Å². The number of hydrogen-bond donors (Lipinski definition) is 1. The first kappa shape index (κ1) is 21.8. The molecule has 4 rings (SSSR count). The maximum atomic E-state index is 13.4. The van der Waals surface area contributed by atoms with Crippen molar-refractivity contribution in [3.63, 3.8) is 0 Å². The summed E-state index contributed by atoms with van der Waals surface area (Å²) in [7, 11) is 1.53. The van der Waals surface area contributed by atoms with Gasteiger partial charge in [0.2, 0.25) is 0 Å². The van der Waals surface area contributed by atoms with Crippen LogP contribution in [0.15, 0.2) is 53.4 Å². The predicted octanol–water partition coefficient (Wildman–Crippen LogP) is 5.62. The minimum Gasteiger partial charge on any atom is -0.507 e. The topological polar surface area (TPSA) is 66.8 Å². The molecule has 0 saturated carbocycles. The van der Waals surface area contributed by atoms with Crippen LogP contribution in [-0.2, 0) is 9.59 Å². The van der Waals surface area contributed by atoms with Gasteiger partial charge in [-0.05, 0) is 73.5 Å². The number of carbonyl (C=O) groups is 2. The summed E-state index contributed by atoms with van der Waals surface area (Å²) in [6.45, 7) is 7.65. The van der Waals surface area contributed by atoms with Gasteiger partial charge in [-0.25, -0.2) is 0 Å². The number of aliphatic hydroxyl groups excluding tert-OH is 1. The highest BCUT2D eigenvalue weighted by atomic mass is 32.1. The van der Waals surface area contributed by atoms with Gasteiger partial charge in [-0.15, -0.1) is 11.3 Å². The van der Waals surface area contributed by atoms with E-state index in [1.807, 2.05) is 69.5 Å². The summed E-state index contributed by atoms with van der Waals surface area (Å²) >= 11 is 1.47. The third-order valence-corrected chi connectivity index (χ3v) is 6.92. The molecule has 164 valence electrons. The standard InChI is InChI=1S/C26H25NO4S/c1-14-12-17(4)24(31-5)18(13-14)22(28)20-21(25-16(3)10-11-32-25)27(26(30)23(20)29)19-9-7-6-8-15(19)2/h6-13,21,28H,1-5H3/b22-20+. The zero-order chi connectivity index (χ0) is 23.2. The Morgan fingerprint density at radius 1 is 1.00 bits per heavy atom. The van der Waals surface area contributed by atoms with Crippen LogP contribution in [0, 0.1) is 27.7 Å². The van der Waals surface area contributed by atoms with Gasteiger partial charge in [0.15, 0.2) is 0 Å². The molecule has 1 aliphatic heterocycles. The normalized spacial score (nSPS) is 17.8. The number of aliphatic hydroxyl groups is 1. The summed E-state index contributed by atoms with van der Waals surface area (Å²) in [4.78, 5) is 29.0. The number of ketones is 1. The Balaban J connectivity index is 2.03. The van der Waals surface area contributed by atoms with Gasteiger partial charge in [0, 0.05) is 10.6 Å². The van der Waals surface area contributed by atoms with Crippen LogP contribution in [0.4, 0.5) is 5.69 Å². The third kappa shape index (κ3) is 3.41. The van der Waals surface area contributed by atoms with Crippen LogP contribution < -0.4 is 9.64 Å². The summed E-state index contributed by atoms with van der Waals surface area (Å²) in [6.07, 6.45) is 0. The summed E-state index contributed by atoms with van der Waals surface area (Å²) < 4.78 is 5.55. The van der Waals surface area contributed by atoms with Crippen LogP contribution in [0.2, 0.25) is 0 Å². The number of Topliss-reactive ketones (excluding diaryl/α,β-unsaturated/α-hetero) is 1. The quantitative estimate of drug-likeness (QED) is 0.320. The van der Waals surface area contributed by atoms with Crippen molar-refractivity contribution in [1.82, 2.24) is 0 Å². The molecule has 3 aromatic rings. The van der Waals surface area contributed by atoms with Crippen molar-refractivity contribution >= 4 is 34.5 Å². The maximum absolute atomic E-state index is 13.4. The fourth-order valence-corrected chi connectivity index (χ4v) is 5.40. The second kappa shape index (κ2) is 8.28. The molecule has 1 aromatic heterocycles. The third-order valence-electron chi connectivity index (χ3n) is 5.85. The van der Waals surface area contributed by atoms with Crippen molar-refractivity contribution in [2.24, 2.45) is 0 Å². The second-order valence-corrected chi connectivity index (χ2v) is 9.03. The molecule has 0 radical (unpaired) electrons. The number of benzene rings is 2. The van der Waals surface area contributed by atoms with Crippen LogP contribution in [0.1, 0.15) is 38.7 Å². The van der Waals surface area contributed by atoms with Crippen molar-refractivity contribution in [3.8, 4) is 5.75 Å². The van der Waals surface area contributed by atoms with Crippen LogP contribution in [0.3, 0.4) is 0 Å². The van der Waals surface area contributed by atoms with Crippen LogP contribution in [0.5, 0.6) is 5.75 Å². The van der Waals surface area contributed by atoms with Gasteiger partial charge in [-0.3, -0.25) is 14.5 Å². The molecule has 1 aliphatic rings. The second-order valence-electron chi connectivity index (χ2n) is 8.09. The zero-order valence-electron chi connectivity index (χ0n) is 18.7. The number of rotatable bonds is 4. The SMILES string of the molecule is COc1c(C)cc(C)cc1/C(O)=C1\C(=O)C(=O)N(c2ccccc2C)C1c1sccc1C. The van der Waals surface area contributed by atoms with Gasteiger partial charge in [0.05, 0.1) is 18.2 Å². The van der Waals surface area contributed by atoms with Gasteiger partial charge in [-0.1, -0.05) is 24.3 Å². The minimum atomic E-state index is -0.721. The van der Waals surface area contributed by atoms with Crippen LogP contribution in [-0.4, -0.2) is 23.9 Å². The molecule has 1 amide bonds. The van der Waals surface area contributed by atoms with E-state index in [2.05, 4.69) is 0 Å². The molecule has 0 aliphatic carbocycles. The number of thiophene rings is 1. The smallest absolute Gasteiger partial charge is 0.300 e. The Kier molecular flexibility index (Phi) is 5.65. The molecule has 1 fully saturated rings. The summed E-state index contributed by atoms with van der Waals surface area (Å²) in [5.74, 6) is -1.09. The lowest BCUT2D eigenvalue weighted by molar-refractivity contribution is -0.132. The molecule has 0 bridgehead atoms. The van der Waals surface area contributed by atoms with E-state index in [1.54, 1.807) is 6.07 Å². The molecule has 0 spiro atoms. The lowest BCUT2D eigenvalue weighted by Crippen LogP contribution is -2.30. The maximum Gasteiger partial charge on any atom is 0.300 e. The number of carbonyl (C=O) groups excluding carboxylic acids is 2. The van der Waals surface area contributed by atoms with Crippen molar-refractivity contribution in [2.75, 3.05) is 12.0 Å². The van der Waals surface area contributed by atoms with E-state index in [9.17, 15) is 14.7 Å². The number of methoxy groups -OCH3 is 1. The molecular weight excluding hydrogens is 422 g/mol. The molecule has 1 saturated heterocycles. The zero-order valence-corrected chi connectivity index (χ0v) is 19.5. The highest BCUT2D eigenvalue weighted by molar-refractivity contribution is 7.10. The highest BCUT2D eigenvalue weighted by Gasteiger charge is 2.48. The fourth-order valence-electron chi connectivity index (χ4n) is 4.37. The molecule has 1 N–H and O–H groups in total. The molecule has 1 atom stereocenters. The molecular formula is C26H25NO4S. The van der Waals surface area contributed by atoms with Crippen molar-refractivity contribution in [3.05, 3.63) is 86.1 Å². The van der Waals surface area contributed by atoms with Crippen molar-refractivity contribution in [1.29, 1.82) is 0 Å². The van der Waals surface area contributed by atoms with Crippen molar-refractivity contribution in [2.45, 2.75) is 33.7 Å². The fraction of sp³-hybridized carbons (Fsp3) is 0.231. The first-order valence-corrected chi connectivity index (χ1v) is 11.2. The summed E-state index contributed by atoms with van der Waals surface area (Å²) in [6, 6.07) is 12.4. The number of ether oxygens (including phenoxy) is 1. The van der Waals surface area contributed by atoms with E-state index < -0.39 is 17.7 Å². The lowest BCUT2D eigenvalue weighted by atomic mass is 9.95. The van der Waals surface area contributed by atoms with Crippen LogP contribution in [0.25, 0.3) is 5.76 Å². The number of aryl methyl sites for hydroxylation is 4. The Bertz CT molecular complexity index is 1270. The summed E-state index contributed by atoms with van der Waals surface area (Å²) in [5, 5.41) is 13.4. The molecule has 5 nitrogen and oxygen atoms in total. The molecule has 1 unspecified atom stereocenters. The van der Waals surface area contributed by atoms with E-state index in [1.165, 1.54) is 23.3 Å². The van der Waals surface area contributed by atoms with Crippen LogP contribution >= 0.6 is 11.3 Å². The van der Waals surface area contributed by atoms with E-state index in [4.69, 9.17) is 4.74 Å². The van der Waals surface area contributed by atoms with E-state index in [0.29, 0.717) is 17.0 Å². The number of amides is 1. The van der Waals surface area contributed by atoms with Gasteiger partial charge >= 0.3 is 0 Å². The Morgan fingerprint density at radius 2 is 1.72 bits per heavy atom. The Hall–Kier alpha value is -3.38. The first-order chi connectivity index (χ1) is 15.3. The lowest BCUT2D eigenvalue weighted by Gasteiger charge is -2.26. The van der Waals surface area contributed by atoms with E-state index in [0.717, 1.165) is 27.1 Å². The molecule has 6 heteroatoms. The minimum absolute atomic E-state index is 0.0760. The number of para-hydroxylation sites is 1. The number of anilines is 1. The van der Waals surface area contributed by atoms with Gasteiger partial charge in [0.1, 0.15) is 17.6 Å².